The van der Waals surface area contributed by atoms with Gasteiger partial charge in [0.15, 0.2) is 6.10 Å². The minimum absolute atomic E-state index is 0.137. The van der Waals surface area contributed by atoms with E-state index < -0.39 is 51.8 Å². The number of allylic oxidation sites excluding steroid dienone is 6. The monoisotopic (exact) mass is 787 g/mol. The van der Waals surface area contributed by atoms with Crippen molar-refractivity contribution < 1.29 is 47.8 Å². The number of phosphoric ester groups is 1. The Morgan fingerprint density at radius 2 is 0.963 bits per heavy atom. The number of phosphoric acid groups is 1. The summed E-state index contributed by atoms with van der Waals surface area (Å²) in [5.74, 6) is -0.965. The highest BCUT2D eigenvalue weighted by Gasteiger charge is 2.27. The Morgan fingerprint density at radius 1 is 0.556 bits per heavy atom. The molecule has 0 fully saturated rings. The van der Waals surface area contributed by atoms with Crippen LogP contribution >= 0.6 is 7.82 Å². The lowest BCUT2D eigenvalue weighted by Gasteiger charge is -2.20. The average molecular weight is 787 g/mol. The lowest BCUT2D eigenvalue weighted by molar-refractivity contribution is -0.161. The number of rotatable bonds is 40. The van der Waals surface area contributed by atoms with E-state index >= 15 is 0 Å². The highest BCUT2D eigenvalue weighted by atomic mass is 31.2. The quantitative estimate of drug-likeness (QED) is 0.0237. The van der Waals surface area contributed by atoms with E-state index in [1.54, 1.807) is 0 Å². The van der Waals surface area contributed by atoms with E-state index in [1.165, 1.54) is 96.3 Å². The molecule has 0 bridgehead atoms. The number of unbranched alkanes of at least 4 members (excludes halogenated alkanes) is 20. The summed E-state index contributed by atoms with van der Waals surface area (Å²) in [6, 6.07) is 0. The third-order valence-electron chi connectivity index (χ3n) is 9.05. The van der Waals surface area contributed by atoms with E-state index in [1.807, 2.05) is 0 Å². The van der Waals surface area contributed by atoms with Crippen LogP contribution in [0.1, 0.15) is 187 Å². The maximum atomic E-state index is 12.6. The molecular formula is C43H79O10P. The van der Waals surface area contributed by atoms with Crippen molar-refractivity contribution in [3.63, 3.8) is 0 Å². The van der Waals surface area contributed by atoms with Crippen LogP contribution in [-0.4, -0.2) is 65.7 Å². The molecule has 0 saturated carbocycles. The Kier molecular flexibility index (Phi) is 38.1. The van der Waals surface area contributed by atoms with Crippen molar-refractivity contribution in [3.8, 4) is 0 Å². The number of hydrogen-bond acceptors (Lipinski definition) is 9. The Balaban J connectivity index is 4.35. The van der Waals surface area contributed by atoms with Crippen LogP contribution in [0.5, 0.6) is 0 Å². The normalized spacial score (nSPS) is 14.2. The summed E-state index contributed by atoms with van der Waals surface area (Å²) >= 11 is 0. The molecule has 0 aromatic carbocycles. The summed E-state index contributed by atoms with van der Waals surface area (Å²) < 4.78 is 32.6. The van der Waals surface area contributed by atoms with Crippen LogP contribution in [-0.2, 0) is 32.7 Å². The maximum Gasteiger partial charge on any atom is 0.472 e. The molecule has 3 atom stereocenters. The molecule has 0 aliphatic carbocycles. The molecule has 0 aromatic heterocycles. The third-order valence-corrected chi connectivity index (χ3v) is 10.00. The first kappa shape index (κ1) is 52.2. The van der Waals surface area contributed by atoms with Crippen LogP contribution in [0.25, 0.3) is 0 Å². The largest absolute Gasteiger partial charge is 0.472 e. The standard InChI is InChI=1S/C43H79O10P/c1-3-5-7-9-11-13-15-17-19-21-22-24-26-28-30-32-34-42(46)50-38-41(39-52-54(48,49)51-37-40(45)36-44)53-43(47)35-33-31-29-27-25-23-20-18-16-14-12-10-8-6-4-2/h12,14,18,20,25,27,40-41,44-45H,3-11,13,15-17,19,21-24,26,28-39H2,1-2H3,(H,48,49)/b14-12-,20-18-,27-25-/t40-,41+/m0/s1. The molecule has 11 heteroatoms. The zero-order chi connectivity index (χ0) is 39.8. The van der Waals surface area contributed by atoms with Crippen molar-refractivity contribution in [2.24, 2.45) is 0 Å². The van der Waals surface area contributed by atoms with Gasteiger partial charge in [0.2, 0.25) is 0 Å². The van der Waals surface area contributed by atoms with Crippen molar-refractivity contribution in [2.75, 3.05) is 26.4 Å². The number of aliphatic hydroxyl groups excluding tert-OH is 2. The molecule has 1 unspecified atom stereocenters. The molecule has 0 radical (unpaired) electrons. The average Bonchev–Trinajstić information content (AvgIpc) is 3.16. The molecule has 0 heterocycles. The van der Waals surface area contributed by atoms with E-state index in [0.717, 1.165) is 51.4 Å². The van der Waals surface area contributed by atoms with E-state index in [-0.39, 0.29) is 19.4 Å². The van der Waals surface area contributed by atoms with Crippen molar-refractivity contribution in [2.45, 2.75) is 199 Å². The van der Waals surface area contributed by atoms with Gasteiger partial charge in [-0.15, -0.1) is 0 Å². The number of hydrogen-bond donors (Lipinski definition) is 3. The Morgan fingerprint density at radius 3 is 1.48 bits per heavy atom. The summed E-state index contributed by atoms with van der Waals surface area (Å²) in [4.78, 5) is 34.9. The highest BCUT2D eigenvalue weighted by molar-refractivity contribution is 7.47. The molecule has 0 aliphatic heterocycles. The Hall–Kier alpha value is -1.81. The second kappa shape index (κ2) is 39.4. The van der Waals surface area contributed by atoms with E-state index in [2.05, 4.69) is 54.8 Å². The predicted octanol–water partition coefficient (Wildman–Crippen LogP) is 11.2. The van der Waals surface area contributed by atoms with Crippen LogP contribution in [0.2, 0.25) is 0 Å². The second-order valence-electron chi connectivity index (χ2n) is 14.4. The molecule has 3 N–H and O–H groups in total. The summed E-state index contributed by atoms with van der Waals surface area (Å²) in [7, 11) is -4.62. The Bertz CT molecular complexity index is 999. The Labute approximate surface area is 329 Å². The van der Waals surface area contributed by atoms with Crippen LogP contribution in [0.3, 0.4) is 0 Å². The van der Waals surface area contributed by atoms with Gasteiger partial charge in [-0.3, -0.25) is 18.6 Å². The minimum atomic E-state index is -4.62. The molecule has 316 valence electrons. The summed E-state index contributed by atoms with van der Waals surface area (Å²) in [5, 5.41) is 18.3. The minimum Gasteiger partial charge on any atom is -0.462 e. The lowest BCUT2D eigenvalue weighted by Crippen LogP contribution is -2.29. The maximum absolute atomic E-state index is 12.6. The van der Waals surface area contributed by atoms with Crippen LogP contribution < -0.4 is 0 Å². The zero-order valence-electron chi connectivity index (χ0n) is 34.2. The third kappa shape index (κ3) is 38.5. The molecule has 0 saturated heterocycles. The molecular weight excluding hydrogens is 707 g/mol. The number of ether oxygens (including phenoxy) is 2. The van der Waals surface area contributed by atoms with Gasteiger partial charge in [-0.1, -0.05) is 159 Å². The highest BCUT2D eigenvalue weighted by Crippen LogP contribution is 2.43. The van der Waals surface area contributed by atoms with Crippen molar-refractivity contribution >= 4 is 19.8 Å². The van der Waals surface area contributed by atoms with Crippen LogP contribution in [0, 0.1) is 0 Å². The predicted molar refractivity (Wildman–Crippen MR) is 219 cm³/mol. The summed E-state index contributed by atoms with van der Waals surface area (Å²) in [5.41, 5.74) is 0. The van der Waals surface area contributed by atoms with Gasteiger partial charge in [-0.25, -0.2) is 4.57 Å². The fourth-order valence-corrected chi connectivity index (χ4v) is 6.50. The van der Waals surface area contributed by atoms with Gasteiger partial charge in [0.25, 0.3) is 0 Å². The topological polar surface area (TPSA) is 149 Å². The lowest BCUT2D eigenvalue weighted by atomic mass is 10.0. The molecule has 10 nitrogen and oxygen atoms in total. The SMILES string of the molecule is CCCCC/C=C\C/C=C\C/C=C\CCCCC(=O)O[C@H](COC(=O)CCCCCCCCCCCCCCCCCC)COP(=O)(O)OC[C@@H](O)CO. The first-order valence-corrected chi connectivity index (χ1v) is 22.9. The molecule has 0 aromatic rings. The van der Waals surface area contributed by atoms with Crippen LogP contribution in [0.15, 0.2) is 36.5 Å². The zero-order valence-corrected chi connectivity index (χ0v) is 35.1. The molecule has 0 rings (SSSR count). The van der Waals surface area contributed by atoms with Gasteiger partial charge >= 0.3 is 19.8 Å². The molecule has 0 spiro atoms. The number of carbonyl (C=O) groups excluding carboxylic acids is 2. The molecule has 0 amide bonds. The number of carbonyl (C=O) groups is 2. The first-order valence-electron chi connectivity index (χ1n) is 21.4. The van der Waals surface area contributed by atoms with Gasteiger partial charge in [0.05, 0.1) is 19.8 Å². The number of aliphatic hydroxyl groups is 2. The van der Waals surface area contributed by atoms with Crippen molar-refractivity contribution in [1.29, 1.82) is 0 Å². The fourth-order valence-electron chi connectivity index (χ4n) is 5.71. The van der Waals surface area contributed by atoms with Gasteiger partial charge in [-0.2, -0.15) is 0 Å². The second-order valence-corrected chi connectivity index (χ2v) is 15.8. The van der Waals surface area contributed by atoms with E-state index in [0.29, 0.717) is 12.8 Å². The fraction of sp³-hybridized carbons (Fsp3) is 0.814. The van der Waals surface area contributed by atoms with Gasteiger partial charge in [0, 0.05) is 12.8 Å². The summed E-state index contributed by atoms with van der Waals surface area (Å²) in [6.07, 6.45) is 39.7. The van der Waals surface area contributed by atoms with Crippen LogP contribution in [0.4, 0.5) is 0 Å². The first-order chi connectivity index (χ1) is 26.2. The van der Waals surface area contributed by atoms with E-state index in [9.17, 15) is 24.2 Å². The van der Waals surface area contributed by atoms with Crippen molar-refractivity contribution in [1.82, 2.24) is 0 Å². The number of esters is 2. The van der Waals surface area contributed by atoms with Gasteiger partial charge in [0.1, 0.15) is 12.7 Å². The van der Waals surface area contributed by atoms with E-state index in [4.69, 9.17) is 19.1 Å². The molecule has 54 heavy (non-hydrogen) atoms. The van der Waals surface area contributed by atoms with Gasteiger partial charge < -0.3 is 24.6 Å². The van der Waals surface area contributed by atoms with Crippen molar-refractivity contribution in [3.05, 3.63) is 36.5 Å². The smallest absolute Gasteiger partial charge is 0.462 e. The molecule has 0 aliphatic rings. The van der Waals surface area contributed by atoms with Gasteiger partial charge in [-0.05, 0) is 51.4 Å². The summed E-state index contributed by atoms with van der Waals surface area (Å²) in [6.45, 7) is 2.32.